The lowest BCUT2D eigenvalue weighted by atomic mass is 9.83. The Hall–Kier alpha value is -0.180. The van der Waals surface area contributed by atoms with Crippen molar-refractivity contribution in [3.63, 3.8) is 0 Å². The Bertz CT molecular complexity index is 289. The van der Waals surface area contributed by atoms with Gasteiger partial charge in [0, 0.05) is 17.8 Å². The van der Waals surface area contributed by atoms with E-state index >= 15 is 0 Å². The highest BCUT2D eigenvalue weighted by molar-refractivity contribution is 8.14. The summed E-state index contributed by atoms with van der Waals surface area (Å²) in [5.74, 6) is 2.98. The summed E-state index contributed by atoms with van der Waals surface area (Å²) >= 11 is 1.93. The van der Waals surface area contributed by atoms with Gasteiger partial charge in [-0.05, 0) is 37.5 Å². The Morgan fingerprint density at radius 1 is 1.22 bits per heavy atom. The minimum atomic E-state index is 0.324. The van der Waals surface area contributed by atoms with Crippen LogP contribution in [0.3, 0.4) is 0 Å². The van der Waals surface area contributed by atoms with E-state index in [0.717, 1.165) is 18.4 Å². The number of rotatable bonds is 4. The summed E-state index contributed by atoms with van der Waals surface area (Å²) in [6.45, 7) is 7.99. The SMILES string of the molecule is CCC1(CC)CSC(=NCC2CCC(C)CC2)N1. The maximum Gasteiger partial charge on any atom is 0.157 e. The molecule has 104 valence electrons. The summed E-state index contributed by atoms with van der Waals surface area (Å²) in [4.78, 5) is 4.83. The topological polar surface area (TPSA) is 24.4 Å². The Morgan fingerprint density at radius 3 is 2.44 bits per heavy atom. The largest absolute Gasteiger partial charge is 0.359 e. The second-order valence-electron chi connectivity index (χ2n) is 6.17. The van der Waals surface area contributed by atoms with Crippen LogP contribution in [-0.4, -0.2) is 23.0 Å². The molecule has 2 fully saturated rings. The van der Waals surface area contributed by atoms with Crippen molar-refractivity contribution in [2.75, 3.05) is 12.3 Å². The van der Waals surface area contributed by atoms with E-state index in [-0.39, 0.29) is 0 Å². The molecule has 3 heteroatoms. The predicted octanol–water partition coefficient (Wildman–Crippen LogP) is 4.06. The van der Waals surface area contributed by atoms with Crippen molar-refractivity contribution in [3.05, 3.63) is 0 Å². The van der Waals surface area contributed by atoms with Gasteiger partial charge in [0.05, 0.1) is 0 Å². The molecule has 0 radical (unpaired) electrons. The van der Waals surface area contributed by atoms with E-state index in [2.05, 4.69) is 26.1 Å². The average Bonchev–Trinajstić information content (AvgIpc) is 2.82. The molecular formula is C15H28N2S. The van der Waals surface area contributed by atoms with Gasteiger partial charge in [-0.1, -0.05) is 45.4 Å². The highest BCUT2D eigenvalue weighted by Crippen LogP contribution is 2.31. The highest BCUT2D eigenvalue weighted by Gasteiger charge is 2.33. The van der Waals surface area contributed by atoms with Crippen LogP contribution in [0, 0.1) is 11.8 Å². The average molecular weight is 268 g/mol. The first-order valence-electron chi connectivity index (χ1n) is 7.63. The summed E-state index contributed by atoms with van der Waals surface area (Å²) < 4.78 is 0. The van der Waals surface area contributed by atoms with Gasteiger partial charge in [0.2, 0.25) is 0 Å². The predicted molar refractivity (Wildman–Crippen MR) is 82.3 cm³/mol. The second-order valence-corrected chi connectivity index (χ2v) is 7.14. The van der Waals surface area contributed by atoms with Crippen molar-refractivity contribution in [3.8, 4) is 0 Å². The second kappa shape index (κ2) is 6.31. The summed E-state index contributed by atoms with van der Waals surface area (Å²) in [6.07, 6.45) is 7.99. The van der Waals surface area contributed by atoms with Gasteiger partial charge in [0.15, 0.2) is 5.17 Å². The quantitative estimate of drug-likeness (QED) is 0.831. The van der Waals surface area contributed by atoms with E-state index in [1.807, 2.05) is 11.8 Å². The molecule has 0 unspecified atom stereocenters. The van der Waals surface area contributed by atoms with Crippen LogP contribution < -0.4 is 5.32 Å². The normalized spacial score (nSPS) is 33.6. The van der Waals surface area contributed by atoms with Crippen LogP contribution in [-0.2, 0) is 0 Å². The van der Waals surface area contributed by atoms with Crippen molar-refractivity contribution in [2.24, 2.45) is 16.8 Å². The molecule has 2 nitrogen and oxygen atoms in total. The molecule has 0 aromatic heterocycles. The zero-order valence-corrected chi connectivity index (χ0v) is 13.0. The molecule has 0 bridgehead atoms. The fourth-order valence-electron chi connectivity index (χ4n) is 2.95. The minimum Gasteiger partial charge on any atom is -0.359 e. The number of nitrogens with zero attached hydrogens (tertiary/aromatic N) is 1. The van der Waals surface area contributed by atoms with Gasteiger partial charge in [-0.2, -0.15) is 0 Å². The minimum absolute atomic E-state index is 0.324. The van der Waals surface area contributed by atoms with E-state index in [9.17, 15) is 0 Å². The molecule has 0 amide bonds. The van der Waals surface area contributed by atoms with Crippen LogP contribution in [0.15, 0.2) is 4.99 Å². The van der Waals surface area contributed by atoms with Gasteiger partial charge in [0.25, 0.3) is 0 Å². The molecule has 1 aliphatic heterocycles. The third-order valence-electron chi connectivity index (χ3n) is 4.84. The Balaban J connectivity index is 1.81. The van der Waals surface area contributed by atoms with Crippen molar-refractivity contribution < 1.29 is 0 Å². The van der Waals surface area contributed by atoms with Gasteiger partial charge in [-0.3, -0.25) is 4.99 Å². The maximum absolute atomic E-state index is 4.83. The van der Waals surface area contributed by atoms with Gasteiger partial charge < -0.3 is 5.32 Å². The van der Waals surface area contributed by atoms with E-state index in [0.29, 0.717) is 5.54 Å². The third-order valence-corrected chi connectivity index (χ3v) is 6.04. The lowest BCUT2D eigenvalue weighted by molar-refractivity contribution is 0.296. The molecule has 1 heterocycles. The van der Waals surface area contributed by atoms with Gasteiger partial charge in [0.1, 0.15) is 0 Å². The molecule has 2 rings (SSSR count). The third kappa shape index (κ3) is 3.43. The highest BCUT2D eigenvalue weighted by atomic mass is 32.2. The molecule has 1 saturated carbocycles. The summed E-state index contributed by atoms with van der Waals surface area (Å²) in [7, 11) is 0. The van der Waals surface area contributed by atoms with Crippen LogP contribution in [0.2, 0.25) is 0 Å². The molecule has 1 N–H and O–H groups in total. The standard InChI is InChI=1S/C15H28N2S/c1-4-15(5-2)11-18-14(17-15)16-10-13-8-6-12(3)7-9-13/h12-13H,4-11H2,1-3H3,(H,16,17). The Labute approximate surface area is 116 Å². The summed E-state index contributed by atoms with van der Waals surface area (Å²) in [5.41, 5.74) is 0.324. The maximum atomic E-state index is 4.83. The van der Waals surface area contributed by atoms with Crippen LogP contribution in [0.5, 0.6) is 0 Å². The molecule has 2 aliphatic rings. The number of nitrogens with one attached hydrogen (secondary N) is 1. The first-order valence-corrected chi connectivity index (χ1v) is 8.61. The van der Waals surface area contributed by atoms with Gasteiger partial charge >= 0.3 is 0 Å². The number of hydrogen-bond acceptors (Lipinski definition) is 2. The number of hydrogen-bond donors (Lipinski definition) is 1. The molecular weight excluding hydrogens is 240 g/mol. The van der Waals surface area contributed by atoms with Gasteiger partial charge in [-0.15, -0.1) is 0 Å². The van der Waals surface area contributed by atoms with Crippen LogP contribution in [0.1, 0.15) is 59.3 Å². The molecule has 0 aromatic carbocycles. The van der Waals surface area contributed by atoms with Crippen molar-refractivity contribution in [2.45, 2.75) is 64.8 Å². The summed E-state index contributed by atoms with van der Waals surface area (Å²) in [6, 6.07) is 0. The zero-order valence-electron chi connectivity index (χ0n) is 12.2. The van der Waals surface area contributed by atoms with Crippen molar-refractivity contribution >= 4 is 16.9 Å². The number of amidine groups is 1. The Morgan fingerprint density at radius 2 is 1.89 bits per heavy atom. The van der Waals surface area contributed by atoms with Gasteiger partial charge in [-0.25, -0.2) is 0 Å². The monoisotopic (exact) mass is 268 g/mol. The lowest BCUT2D eigenvalue weighted by Crippen LogP contribution is -2.42. The first kappa shape index (κ1) is 14.2. The van der Waals surface area contributed by atoms with E-state index in [1.165, 1.54) is 49.4 Å². The smallest absolute Gasteiger partial charge is 0.157 e. The first-order chi connectivity index (χ1) is 8.67. The summed E-state index contributed by atoms with van der Waals surface area (Å²) in [5, 5.41) is 4.87. The van der Waals surface area contributed by atoms with Crippen LogP contribution in [0.25, 0.3) is 0 Å². The molecule has 0 spiro atoms. The molecule has 1 saturated heterocycles. The molecule has 1 aliphatic carbocycles. The lowest BCUT2D eigenvalue weighted by Gasteiger charge is -2.26. The number of thioether (sulfide) groups is 1. The Kier molecular flexibility index (Phi) is 4.99. The van der Waals surface area contributed by atoms with E-state index in [4.69, 9.17) is 4.99 Å². The number of aliphatic imine (C=N–C) groups is 1. The van der Waals surface area contributed by atoms with Crippen molar-refractivity contribution in [1.82, 2.24) is 5.32 Å². The fourth-order valence-corrected chi connectivity index (χ4v) is 4.29. The zero-order chi connectivity index (χ0) is 13.0. The molecule has 0 atom stereocenters. The van der Waals surface area contributed by atoms with E-state index < -0.39 is 0 Å². The van der Waals surface area contributed by atoms with Crippen LogP contribution >= 0.6 is 11.8 Å². The van der Waals surface area contributed by atoms with E-state index in [1.54, 1.807) is 0 Å². The fraction of sp³-hybridized carbons (Fsp3) is 0.933. The van der Waals surface area contributed by atoms with Crippen molar-refractivity contribution in [1.29, 1.82) is 0 Å². The molecule has 0 aromatic rings. The van der Waals surface area contributed by atoms with Crippen LogP contribution in [0.4, 0.5) is 0 Å². The molecule has 18 heavy (non-hydrogen) atoms.